The zero-order chi connectivity index (χ0) is 14.1. The van der Waals surface area contributed by atoms with E-state index in [4.69, 9.17) is 17.3 Å². The molecule has 0 aliphatic heterocycles. The van der Waals surface area contributed by atoms with E-state index in [0.29, 0.717) is 11.4 Å². The predicted octanol–water partition coefficient (Wildman–Crippen LogP) is 5.10. The van der Waals surface area contributed by atoms with Crippen molar-refractivity contribution in [2.24, 2.45) is 5.73 Å². The average molecular weight is 286 g/mol. The highest BCUT2D eigenvalue weighted by Crippen LogP contribution is 2.19. The second kappa shape index (κ2) is 9.33. The monoisotopic (exact) mass is 285 g/mol. The third-order valence-corrected chi connectivity index (χ3v) is 3.79. The molecule has 0 fully saturated rings. The Labute approximate surface area is 121 Å². The van der Waals surface area contributed by atoms with Gasteiger partial charge in [-0.05, 0) is 36.6 Å². The fourth-order valence-corrected chi connectivity index (χ4v) is 2.47. The van der Waals surface area contributed by atoms with Gasteiger partial charge in [0.05, 0.1) is 0 Å². The van der Waals surface area contributed by atoms with Crippen LogP contribution >= 0.6 is 11.6 Å². The lowest BCUT2D eigenvalue weighted by atomic mass is 10.0. The van der Waals surface area contributed by atoms with E-state index in [0.717, 1.165) is 18.4 Å². The highest BCUT2D eigenvalue weighted by molar-refractivity contribution is 6.31. The molecule has 1 aromatic rings. The first-order chi connectivity index (χ1) is 9.13. The first-order valence-corrected chi connectivity index (χ1v) is 7.70. The van der Waals surface area contributed by atoms with Gasteiger partial charge in [-0.25, -0.2) is 4.39 Å². The molecule has 0 aromatic heterocycles. The van der Waals surface area contributed by atoms with Crippen LogP contribution in [0.5, 0.6) is 0 Å². The topological polar surface area (TPSA) is 26.0 Å². The molecule has 1 rings (SSSR count). The van der Waals surface area contributed by atoms with Crippen molar-refractivity contribution in [2.75, 3.05) is 0 Å². The smallest absolute Gasteiger partial charge is 0.123 e. The fraction of sp³-hybridized carbons (Fsp3) is 0.625. The molecule has 0 spiro atoms. The first kappa shape index (κ1) is 16.5. The van der Waals surface area contributed by atoms with Gasteiger partial charge < -0.3 is 5.73 Å². The van der Waals surface area contributed by atoms with E-state index in [2.05, 4.69) is 6.92 Å². The molecule has 1 atom stereocenters. The van der Waals surface area contributed by atoms with Crippen LogP contribution in [0.25, 0.3) is 0 Å². The molecule has 1 aromatic carbocycles. The van der Waals surface area contributed by atoms with Crippen molar-refractivity contribution in [3.05, 3.63) is 34.6 Å². The number of halogens is 2. The summed E-state index contributed by atoms with van der Waals surface area (Å²) in [6.45, 7) is 2.22. The maximum atomic E-state index is 13.1. The minimum atomic E-state index is -0.244. The molecule has 0 aliphatic carbocycles. The molecule has 0 heterocycles. The first-order valence-electron chi connectivity index (χ1n) is 7.33. The molecule has 0 saturated heterocycles. The Balaban J connectivity index is 2.23. The summed E-state index contributed by atoms with van der Waals surface area (Å²) in [7, 11) is 0. The molecular formula is C16H25ClFN. The highest BCUT2D eigenvalue weighted by atomic mass is 35.5. The lowest BCUT2D eigenvalue weighted by Gasteiger charge is -2.12. The van der Waals surface area contributed by atoms with Gasteiger partial charge in [0.15, 0.2) is 0 Å². The zero-order valence-electron chi connectivity index (χ0n) is 11.8. The van der Waals surface area contributed by atoms with Gasteiger partial charge in [0, 0.05) is 11.1 Å². The SMILES string of the molecule is CCCCCCCCC(N)Cc1cc(F)ccc1Cl. The second-order valence-corrected chi connectivity index (χ2v) is 5.66. The number of rotatable bonds is 9. The van der Waals surface area contributed by atoms with Crippen LogP contribution in [0, 0.1) is 5.82 Å². The van der Waals surface area contributed by atoms with Gasteiger partial charge in [-0.3, -0.25) is 0 Å². The van der Waals surface area contributed by atoms with Crippen molar-refractivity contribution in [1.82, 2.24) is 0 Å². The van der Waals surface area contributed by atoms with E-state index in [1.54, 1.807) is 6.07 Å². The molecule has 0 aliphatic rings. The van der Waals surface area contributed by atoms with Crippen molar-refractivity contribution in [3.63, 3.8) is 0 Å². The van der Waals surface area contributed by atoms with Gasteiger partial charge in [-0.2, -0.15) is 0 Å². The third kappa shape index (κ3) is 6.93. The van der Waals surface area contributed by atoms with Gasteiger partial charge in [-0.15, -0.1) is 0 Å². The van der Waals surface area contributed by atoms with Gasteiger partial charge in [-0.1, -0.05) is 57.0 Å². The van der Waals surface area contributed by atoms with Crippen LogP contribution in [-0.2, 0) is 6.42 Å². The van der Waals surface area contributed by atoms with Crippen LogP contribution in [0.2, 0.25) is 5.02 Å². The largest absolute Gasteiger partial charge is 0.327 e. The van der Waals surface area contributed by atoms with Crippen molar-refractivity contribution in [2.45, 2.75) is 64.3 Å². The molecule has 108 valence electrons. The molecule has 0 radical (unpaired) electrons. The van der Waals surface area contributed by atoms with E-state index >= 15 is 0 Å². The average Bonchev–Trinajstić information content (AvgIpc) is 2.38. The Kier molecular flexibility index (Phi) is 8.08. The number of unbranched alkanes of at least 4 members (excludes halogenated alkanes) is 5. The molecular weight excluding hydrogens is 261 g/mol. The van der Waals surface area contributed by atoms with Crippen molar-refractivity contribution >= 4 is 11.6 Å². The van der Waals surface area contributed by atoms with E-state index in [-0.39, 0.29) is 11.9 Å². The highest BCUT2D eigenvalue weighted by Gasteiger charge is 2.08. The number of nitrogens with two attached hydrogens (primary N) is 1. The van der Waals surface area contributed by atoms with E-state index < -0.39 is 0 Å². The quantitative estimate of drug-likeness (QED) is 0.628. The Morgan fingerprint density at radius 2 is 1.84 bits per heavy atom. The summed E-state index contributed by atoms with van der Waals surface area (Å²) in [6, 6.07) is 4.54. The van der Waals surface area contributed by atoms with Gasteiger partial charge >= 0.3 is 0 Å². The molecule has 19 heavy (non-hydrogen) atoms. The maximum absolute atomic E-state index is 13.1. The molecule has 0 saturated carbocycles. The normalized spacial score (nSPS) is 12.6. The summed E-state index contributed by atoms with van der Waals surface area (Å²) in [4.78, 5) is 0. The summed E-state index contributed by atoms with van der Waals surface area (Å²) in [5.74, 6) is -0.244. The zero-order valence-corrected chi connectivity index (χ0v) is 12.6. The van der Waals surface area contributed by atoms with Crippen LogP contribution in [0.3, 0.4) is 0 Å². The molecule has 1 unspecified atom stereocenters. The fourth-order valence-electron chi connectivity index (χ4n) is 2.27. The standard InChI is InChI=1S/C16H25ClFN/c1-2-3-4-5-6-7-8-15(19)12-13-11-14(18)9-10-16(13)17/h9-11,15H,2-8,12,19H2,1H3. The van der Waals surface area contributed by atoms with Crippen molar-refractivity contribution in [3.8, 4) is 0 Å². The lowest BCUT2D eigenvalue weighted by molar-refractivity contribution is 0.531. The maximum Gasteiger partial charge on any atom is 0.123 e. The summed E-state index contributed by atoms with van der Waals surface area (Å²) >= 11 is 6.04. The van der Waals surface area contributed by atoms with E-state index in [1.807, 2.05) is 0 Å². The molecule has 2 N–H and O–H groups in total. The molecule has 0 bridgehead atoms. The lowest BCUT2D eigenvalue weighted by Crippen LogP contribution is -2.22. The molecule has 3 heteroatoms. The third-order valence-electron chi connectivity index (χ3n) is 3.42. The summed E-state index contributed by atoms with van der Waals surface area (Å²) < 4.78 is 13.1. The Bertz CT molecular complexity index is 368. The Hall–Kier alpha value is -0.600. The van der Waals surface area contributed by atoms with Crippen LogP contribution in [0.15, 0.2) is 18.2 Å². The predicted molar refractivity (Wildman–Crippen MR) is 81.1 cm³/mol. The molecule has 1 nitrogen and oxygen atoms in total. The Morgan fingerprint density at radius 1 is 1.16 bits per heavy atom. The minimum Gasteiger partial charge on any atom is -0.327 e. The van der Waals surface area contributed by atoms with Crippen LogP contribution in [0.4, 0.5) is 4.39 Å². The summed E-state index contributed by atoms with van der Waals surface area (Å²) in [5.41, 5.74) is 6.90. The van der Waals surface area contributed by atoms with E-state index in [9.17, 15) is 4.39 Å². The van der Waals surface area contributed by atoms with Crippen LogP contribution in [-0.4, -0.2) is 6.04 Å². The van der Waals surface area contributed by atoms with Crippen LogP contribution in [0.1, 0.15) is 57.4 Å². The van der Waals surface area contributed by atoms with Crippen LogP contribution < -0.4 is 5.73 Å². The second-order valence-electron chi connectivity index (χ2n) is 5.26. The number of benzene rings is 1. The van der Waals surface area contributed by atoms with Gasteiger partial charge in [0.2, 0.25) is 0 Å². The van der Waals surface area contributed by atoms with E-state index in [1.165, 1.54) is 44.2 Å². The van der Waals surface area contributed by atoms with Gasteiger partial charge in [0.25, 0.3) is 0 Å². The summed E-state index contributed by atoms with van der Waals surface area (Å²) in [5, 5.41) is 0.611. The number of hydrogen-bond acceptors (Lipinski definition) is 1. The summed E-state index contributed by atoms with van der Waals surface area (Å²) in [6.07, 6.45) is 9.25. The number of hydrogen-bond donors (Lipinski definition) is 1. The van der Waals surface area contributed by atoms with Gasteiger partial charge in [0.1, 0.15) is 5.82 Å². The molecule has 0 amide bonds. The minimum absolute atomic E-state index is 0.0745. The van der Waals surface area contributed by atoms with Crippen molar-refractivity contribution in [1.29, 1.82) is 0 Å². The Morgan fingerprint density at radius 3 is 2.58 bits per heavy atom. The van der Waals surface area contributed by atoms with Crippen molar-refractivity contribution < 1.29 is 4.39 Å².